The molecule has 9 heteroatoms. The van der Waals surface area contributed by atoms with Crippen molar-refractivity contribution in [3.05, 3.63) is 28.1 Å². The van der Waals surface area contributed by atoms with Gasteiger partial charge in [0.25, 0.3) is 10.0 Å². The van der Waals surface area contributed by atoms with Crippen molar-refractivity contribution in [1.82, 2.24) is 19.5 Å². The second-order valence-electron chi connectivity index (χ2n) is 3.67. The molecule has 0 bridgehead atoms. The van der Waals surface area contributed by atoms with Gasteiger partial charge in [-0.2, -0.15) is 5.10 Å². The van der Waals surface area contributed by atoms with Gasteiger partial charge in [-0.05, 0) is 6.92 Å². The van der Waals surface area contributed by atoms with Crippen molar-refractivity contribution in [2.75, 3.05) is 0 Å². The normalized spacial score (nSPS) is 11.9. The fourth-order valence-electron chi connectivity index (χ4n) is 1.43. The van der Waals surface area contributed by atoms with Crippen LogP contribution in [0.5, 0.6) is 0 Å². The quantitative estimate of drug-likeness (QED) is 0.924. The van der Waals surface area contributed by atoms with Crippen LogP contribution in [-0.4, -0.2) is 23.2 Å². The van der Waals surface area contributed by atoms with Crippen LogP contribution in [0.4, 0.5) is 0 Å². The van der Waals surface area contributed by atoms with Crippen LogP contribution in [0.2, 0.25) is 4.47 Å². The average Bonchev–Trinajstić information content (AvgIpc) is 2.83. The van der Waals surface area contributed by atoms with Crippen LogP contribution < -0.4 is 4.72 Å². The molecule has 2 aromatic rings. The molecule has 0 fully saturated rings. The van der Waals surface area contributed by atoms with Crippen LogP contribution in [0.1, 0.15) is 11.3 Å². The maximum Gasteiger partial charge on any atom is 0.252 e. The Morgan fingerprint density at radius 3 is 2.78 bits per heavy atom. The molecule has 0 aliphatic rings. The van der Waals surface area contributed by atoms with E-state index in [1.165, 1.54) is 6.20 Å². The number of nitrogens with zero attached hydrogens (tertiary/aromatic N) is 3. The van der Waals surface area contributed by atoms with Gasteiger partial charge < -0.3 is 0 Å². The molecule has 0 radical (unpaired) electrons. The molecule has 0 aliphatic carbocycles. The fourth-order valence-corrected chi connectivity index (χ4v) is 3.77. The summed E-state index contributed by atoms with van der Waals surface area (Å²) in [5, 5.41) is 4.14. The minimum Gasteiger partial charge on any atom is -0.275 e. The van der Waals surface area contributed by atoms with Crippen molar-refractivity contribution in [3.63, 3.8) is 0 Å². The number of rotatable bonds is 4. The number of sulfonamides is 1. The Morgan fingerprint density at radius 2 is 2.28 bits per heavy atom. The molecule has 0 spiro atoms. The third kappa shape index (κ3) is 2.89. The monoisotopic (exact) mass is 306 g/mol. The molecule has 2 heterocycles. The molecule has 2 aromatic heterocycles. The van der Waals surface area contributed by atoms with Crippen molar-refractivity contribution >= 4 is 33.0 Å². The van der Waals surface area contributed by atoms with E-state index in [-0.39, 0.29) is 15.2 Å². The number of nitrogens with one attached hydrogen (secondary N) is 1. The average molecular weight is 307 g/mol. The Labute approximate surface area is 114 Å². The predicted octanol–water partition coefficient (Wildman–Crippen LogP) is 1.32. The van der Waals surface area contributed by atoms with Gasteiger partial charge in [-0.15, -0.1) is 0 Å². The molecule has 2 rings (SSSR count). The van der Waals surface area contributed by atoms with Gasteiger partial charge in [0.2, 0.25) is 0 Å². The lowest BCUT2D eigenvalue weighted by Crippen LogP contribution is -2.22. The maximum absolute atomic E-state index is 11.9. The summed E-state index contributed by atoms with van der Waals surface area (Å²) in [5.41, 5.74) is 1.62. The zero-order chi connectivity index (χ0) is 13.3. The first-order chi connectivity index (χ1) is 8.38. The summed E-state index contributed by atoms with van der Waals surface area (Å²) in [7, 11) is -1.77. The standard InChI is InChI=1S/C9H11ClN4O2S2/c1-6-7(5-14(2)13-6)3-12-18(15,16)8-4-11-9(10)17-8/h4-5,12H,3H2,1-2H3. The highest BCUT2D eigenvalue weighted by Crippen LogP contribution is 2.22. The van der Waals surface area contributed by atoms with E-state index in [1.807, 2.05) is 6.92 Å². The van der Waals surface area contributed by atoms with E-state index in [9.17, 15) is 8.42 Å². The van der Waals surface area contributed by atoms with Crippen molar-refractivity contribution < 1.29 is 8.42 Å². The number of hydrogen-bond acceptors (Lipinski definition) is 5. The largest absolute Gasteiger partial charge is 0.275 e. The van der Waals surface area contributed by atoms with Gasteiger partial charge in [0.15, 0.2) is 8.68 Å². The van der Waals surface area contributed by atoms with Gasteiger partial charge in [0, 0.05) is 25.4 Å². The topological polar surface area (TPSA) is 76.9 Å². The lowest BCUT2D eigenvalue weighted by atomic mass is 10.3. The third-order valence-corrected chi connectivity index (χ3v) is 5.27. The van der Waals surface area contributed by atoms with Gasteiger partial charge >= 0.3 is 0 Å². The third-order valence-electron chi connectivity index (χ3n) is 2.29. The van der Waals surface area contributed by atoms with Gasteiger partial charge in [-0.3, -0.25) is 4.68 Å². The zero-order valence-corrected chi connectivity index (χ0v) is 12.1. The van der Waals surface area contributed by atoms with Gasteiger partial charge in [0.05, 0.1) is 11.9 Å². The first kappa shape index (κ1) is 13.5. The molecule has 0 aromatic carbocycles. The van der Waals surface area contributed by atoms with E-state index in [0.29, 0.717) is 0 Å². The van der Waals surface area contributed by atoms with E-state index in [4.69, 9.17) is 11.6 Å². The van der Waals surface area contributed by atoms with E-state index in [2.05, 4.69) is 14.8 Å². The van der Waals surface area contributed by atoms with E-state index < -0.39 is 10.0 Å². The summed E-state index contributed by atoms with van der Waals surface area (Å²) in [5.74, 6) is 0. The molecular formula is C9H11ClN4O2S2. The summed E-state index contributed by atoms with van der Waals surface area (Å²) >= 11 is 6.54. The number of hydrogen-bond donors (Lipinski definition) is 1. The second-order valence-corrected chi connectivity index (χ2v) is 7.28. The van der Waals surface area contributed by atoms with Crippen LogP contribution in [0.3, 0.4) is 0 Å². The smallest absolute Gasteiger partial charge is 0.252 e. The van der Waals surface area contributed by atoms with Crippen molar-refractivity contribution in [1.29, 1.82) is 0 Å². The Kier molecular flexibility index (Phi) is 3.71. The van der Waals surface area contributed by atoms with Gasteiger partial charge in [0.1, 0.15) is 0 Å². The minimum absolute atomic E-state index is 0.106. The highest BCUT2D eigenvalue weighted by molar-refractivity contribution is 7.91. The molecule has 1 N–H and O–H groups in total. The Balaban J connectivity index is 2.13. The van der Waals surface area contributed by atoms with Gasteiger partial charge in [-0.25, -0.2) is 18.1 Å². The molecule has 0 amide bonds. The number of halogens is 1. The number of aromatic nitrogens is 3. The summed E-state index contributed by atoms with van der Waals surface area (Å²) in [6, 6.07) is 0. The van der Waals surface area contributed by atoms with Crippen molar-refractivity contribution in [2.24, 2.45) is 7.05 Å². The first-order valence-electron chi connectivity index (χ1n) is 4.98. The maximum atomic E-state index is 11.9. The molecular weight excluding hydrogens is 296 g/mol. The predicted molar refractivity (Wildman–Crippen MR) is 69.1 cm³/mol. The SMILES string of the molecule is Cc1nn(C)cc1CNS(=O)(=O)c1cnc(Cl)s1. The lowest BCUT2D eigenvalue weighted by molar-refractivity contribution is 0.583. The van der Waals surface area contributed by atoms with E-state index >= 15 is 0 Å². The number of aryl methyl sites for hydroxylation is 2. The molecule has 6 nitrogen and oxygen atoms in total. The van der Waals surface area contributed by atoms with Crippen molar-refractivity contribution in [3.8, 4) is 0 Å². The fraction of sp³-hybridized carbons (Fsp3) is 0.333. The van der Waals surface area contributed by atoms with Crippen LogP contribution in [-0.2, 0) is 23.6 Å². The Bertz CT molecular complexity index is 662. The molecule has 0 saturated carbocycles. The molecule has 0 saturated heterocycles. The second kappa shape index (κ2) is 4.96. The van der Waals surface area contributed by atoms with Crippen LogP contribution in [0.25, 0.3) is 0 Å². The molecule has 0 unspecified atom stereocenters. The van der Waals surface area contributed by atoms with Crippen molar-refractivity contribution in [2.45, 2.75) is 17.7 Å². The van der Waals surface area contributed by atoms with E-state index in [1.54, 1.807) is 17.9 Å². The Morgan fingerprint density at radius 1 is 1.56 bits per heavy atom. The van der Waals surface area contributed by atoms with Crippen LogP contribution >= 0.6 is 22.9 Å². The molecule has 0 atom stereocenters. The summed E-state index contributed by atoms with van der Waals surface area (Å²) in [6.45, 7) is 2.02. The zero-order valence-electron chi connectivity index (χ0n) is 9.71. The first-order valence-corrected chi connectivity index (χ1v) is 7.66. The highest BCUT2D eigenvalue weighted by atomic mass is 35.5. The van der Waals surface area contributed by atoms with Gasteiger partial charge in [-0.1, -0.05) is 22.9 Å². The summed E-state index contributed by atoms with van der Waals surface area (Å²) in [4.78, 5) is 3.71. The number of thiazole rings is 1. The summed E-state index contributed by atoms with van der Waals surface area (Å²) < 4.78 is 28.3. The minimum atomic E-state index is -3.56. The van der Waals surface area contributed by atoms with Crippen LogP contribution in [0.15, 0.2) is 16.6 Å². The Hall–Kier alpha value is -0.960. The molecule has 18 heavy (non-hydrogen) atoms. The highest BCUT2D eigenvalue weighted by Gasteiger charge is 2.18. The van der Waals surface area contributed by atoms with E-state index in [0.717, 1.165) is 22.6 Å². The van der Waals surface area contributed by atoms with Crippen LogP contribution in [0, 0.1) is 6.92 Å². The molecule has 98 valence electrons. The summed E-state index contributed by atoms with van der Waals surface area (Å²) in [6.07, 6.45) is 3.02. The molecule has 0 aliphatic heterocycles. The lowest BCUT2D eigenvalue weighted by Gasteiger charge is -2.02.